The molecule has 0 aromatic heterocycles. The van der Waals surface area contributed by atoms with Gasteiger partial charge in [-0.15, -0.1) is 0 Å². The van der Waals surface area contributed by atoms with Gasteiger partial charge in [0, 0.05) is 42.8 Å². The van der Waals surface area contributed by atoms with Crippen LogP contribution in [0.1, 0.15) is 19.3 Å². The summed E-state index contributed by atoms with van der Waals surface area (Å²) in [6.07, 6.45) is 2.23. The average molecular weight is 447 g/mol. The maximum Gasteiger partial charge on any atom is 0.222 e. The van der Waals surface area contributed by atoms with Gasteiger partial charge in [-0.25, -0.2) is 0 Å². The minimum Gasteiger partial charge on any atom is -0.497 e. The Hall–Kier alpha value is -2.21. The van der Waals surface area contributed by atoms with Gasteiger partial charge in [0.2, 0.25) is 5.91 Å². The van der Waals surface area contributed by atoms with Crippen molar-refractivity contribution in [3.63, 3.8) is 0 Å². The van der Waals surface area contributed by atoms with Crippen LogP contribution in [0.15, 0.2) is 53.0 Å². The normalized spacial score (nSPS) is 14.5. The van der Waals surface area contributed by atoms with E-state index in [1.54, 1.807) is 7.11 Å². The van der Waals surface area contributed by atoms with Gasteiger partial charge in [0.15, 0.2) is 0 Å². The summed E-state index contributed by atoms with van der Waals surface area (Å²) in [4.78, 5) is 16.9. The van der Waals surface area contributed by atoms with Crippen molar-refractivity contribution in [1.29, 1.82) is 0 Å². The van der Waals surface area contributed by atoms with Gasteiger partial charge in [-0.2, -0.15) is 0 Å². The van der Waals surface area contributed by atoms with Gasteiger partial charge in [-0.3, -0.25) is 4.79 Å². The Morgan fingerprint density at radius 2 is 1.86 bits per heavy atom. The van der Waals surface area contributed by atoms with E-state index >= 15 is 0 Å². The first-order chi connectivity index (χ1) is 13.7. The quantitative estimate of drug-likeness (QED) is 0.592. The molecule has 150 valence electrons. The number of amides is 1. The number of methoxy groups -OCH3 is 1. The van der Waals surface area contributed by atoms with E-state index in [4.69, 9.17) is 9.47 Å². The molecule has 1 fully saturated rings. The fraction of sp³-hybridized carbons (Fsp3) is 0.409. The first-order valence-corrected chi connectivity index (χ1v) is 10.5. The zero-order valence-electron chi connectivity index (χ0n) is 16.3. The zero-order valence-corrected chi connectivity index (χ0v) is 17.9. The van der Waals surface area contributed by atoms with Crippen molar-refractivity contribution >= 4 is 27.5 Å². The molecule has 1 aliphatic heterocycles. The fourth-order valence-corrected chi connectivity index (χ4v) is 3.72. The van der Waals surface area contributed by atoms with Gasteiger partial charge < -0.3 is 19.3 Å². The molecule has 1 saturated heterocycles. The second-order valence-electron chi connectivity index (χ2n) is 6.83. The summed E-state index contributed by atoms with van der Waals surface area (Å²) >= 11 is 3.43. The van der Waals surface area contributed by atoms with Crippen LogP contribution in [0.5, 0.6) is 11.5 Å². The van der Waals surface area contributed by atoms with E-state index in [1.807, 2.05) is 41.3 Å². The predicted molar refractivity (Wildman–Crippen MR) is 115 cm³/mol. The van der Waals surface area contributed by atoms with Crippen molar-refractivity contribution in [2.45, 2.75) is 19.3 Å². The van der Waals surface area contributed by atoms with E-state index in [2.05, 4.69) is 33.0 Å². The van der Waals surface area contributed by atoms with Gasteiger partial charge in [-0.1, -0.05) is 22.0 Å². The van der Waals surface area contributed by atoms with E-state index in [0.717, 1.165) is 55.0 Å². The SMILES string of the molecule is COc1ccc(N2CCCN(C(=O)CCCOc3cccc(Br)c3)CC2)cc1. The van der Waals surface area contributed by atoms with Crippen LogP contribution < -0.4 is 14.4 Å². The molecule has 0 spiro atoms. The Morgan fingerprint density at radius 1 is 1.04 bits per heavy atom. The Balaban J connectivity index is 1.42. The molecule has 0 N–H and O–H groups in total. The molecule has 1 aliphatic rings. The summed E-state index contributed by atoms with van der Waals surface area (Å²) in [6.45, 7) is 3.94. The number of rotatable bonds is 7. The number of hydrogen-bond acceptors (Lipinski definition) is 4. The first kappa shape index (κ1) is 20.5. The van der Waals surface area contributed by atoms with Crippen molar-refractivity contribution in [3.05, 3.63) is 53.0 Å². The van der Waals surface area contributed by atoms with Crippen LogP contribution in [0, 0.1) is 0 Å². The lowest BCUT2D eigenvalue weighted by molar-refractivity contribution is -0.131. The van der Waals surface area contributed by atoms with E-state index in [1.165, 1.54) is 5.69 Å². The van der Waals surface area contributed by atoms with Gasteiger partial charge in [-0.05, 0) is 55.3 Å². The van der Waals surface area contributed by atoms with Crippen LogP contribution in [0.2, 0.25) is 0 Å². The third-order valence-corrected chi connectivity index (χ3v) is 5.38. The molecule has 0 unspecified atom stereocenters. The maximum absolute atomic E-state index is 12.6. The number of ether oxygens (including phenoxy) is 2. The van der Waals surface area contributed by atoms with Crippen molar-refractivity contribution in [2.24, 2.45) is 0 Å². The molecule has 0 bridgehead atoms. The number of carbonyl (C=O) groups is 1. The highest BCUT2D eigenvalue weighted by Crippen LogP contribution is 2.21. The second kappa shape index (κ2) is 10.4. The van der Waals surface area contributed by atoms with Gasteiger partial charge in [0.05, 0.1) is 13.7 Å². The molecule has 0 saturated carbocycles. The Labute approximate surface area is 175 Å². The monoisotopic (exact) mass is 446 g/mol. The summed E-state index contributed by atoms with van der Waals surface area (Å²) < 4.78 is 11.9. The number of carbonyl (C=O) groups excluding carboxylic acids is 1. The Kier molecular flexibility index (Phi) is 7.60. The molecule has 1 heterocycles. The van der Waals surface area contributed by atoms with Gasteiger partial charge in [0.25, 0.3) is 0 Å². The topological polar surface area (TPSA) is 42.0 Å². The van der Waals surface area contributed by atoms with Crippen LogP contribution >= 0.6 is 15.9 Å². The number of hydrogen-bond donors (Lipinski definition) is 0. The van der Waals surface area contributed by atoms with Crippen LogP contribution in [0.4, 0.5) is 5.69 Å². The third kappa shape index (κ3) is 5.89. The molecule has 28 heavy (non-hydrogen) atoms. The number of halogens is 1. The van der Waals surface area contributed by atoms with Gasteiger partial charge >= 0.3 is 0 Å². The molecule has 0 atom stereocenters. The minimum atomic E-state index is 0.217. The van der Waals surface area contributed by atoms with Crippen LogP contribution in [0.3, 0.4) is 0 Å². The van der Waals surface area contributed by atoms with E-state index in [9.17, 15) is 4.79 Å². The zero-order chi connectivity index (χ0) is 19.8. The lowest BCUT2D eigenvalue weighted by atomic mass is 10.2. The third-order valence-electron chi connectivity index (χ3n) is 4.89. The lowest BCUT2D eigenvalue weighted by Crippen LogP contribution is -2.35. The minimum absolute atomic E-state index is 0.217. The van der Waals surface area contributed by atoms with Crippen molar-refractivity contribution in [2.75, 3.05) is 44.8 Å². The Bertz CT molecular complexity index is 767. The fourth-order valence-electron chi connectivity index (χ4n) is 3.35. The van der Waals surface area contributed by atoms with Crippen LogP contribution in [-0.4, -0.2) is 50.7 Å². The molecule has 3 rings (SSSR count). The van der Waals surface area contributed by atoms with Crippen molar-refractivity contribution in [3.8, 4) is 11.5 Å². The maximum atomic E-state index is 12.6. The number of anilines is 1. The lowest BCUT2D eigenvalue weighted by Gasteiger charge is -2.24. The van der Waals surface area contributed by atoms with Crippen molar-refractivity contribution < 1.29 is 14.3 Å². The molecule has 5 nitrogen and oxygen atoms in total. The van der Waals surface area contributed by atoms with E-state index in [-0.39, 0.29) is 5.91 Å². The van der Waals surface area contributed by atoms with Crippen LogP contribution in [0.25, 0.3) is 0 Å². The molecule has 6 heteroatoms. The highest BCUT2D eigenvalue weighted by atomic mass is 79.9. The number of nitrogens with zero attached hydrogens (tertiary/aromatic N) is 2. The smallest absolute Gasteiger partial charge is 0.222 e. The average Bonchev–Trinajstić information content (AvgIpc) is 2.97. The molecule has 0 aliphatic carbocycles. The molecular weight excluding hydrogens is 420 g/mol. The van der Waals surface area contributed by atoms with E-state index < -0.39 is 0 Å². The highest BCUT2D eigenvalue weighted by Gasteiger charge is 2.19. The summed E-state index contributed by atoms with van der Waals surface area (Å²) in [5.74, 6) is 1.90. The summed E-state index contributed by atoms with van der Waals surface area (Å²) in [5, 5.41) is 0. The molecule has 1 amide bonds. The largest absolute Gasteiger partial charge is 0.497 e. The summed E-state index contributed by atoms with van der Waals surface area (Å²) in [6, 6.07) is 15.9. The van der Waals surface area contributed by atoms with E-state index in [0.29, 0.717) is 13.0 Å². The molecule has 2 aromatic rings. The highest BCUT2D eigenvalue weighted by molar-refractivity contribution is 9.10. The van der Waals surface area contributed by atoms with Crippen molar-refractivity contribution in [1.82, 2.24) is 4.90 Å². The first-order valence-electron chi connectivity index (χ1n) is 9.71. The summed E-state index contributed by atoms with van der Waals surface area (Å²) in [7, 11) is 1.67. The second-order valence-corrected chi connectivity index (χ2v) is 7.74. The standard InChI is InChI=1S/C22H27BrN2O3/c1-27-20-10-8-19(9-11-20)24-12-4-13-25(15-14-24)22(26)7-3-16-28-21-6-2-5-18(23)17-21/h2,5-6,8-11,17H,3-4,7,12-16H2,1H3. The molecule has 2 aromatic carbocycles. The summed E-state index contributed by atoms with van der Waals surface area (Å²) in [5.41, 5.74) is 1.18. The molecule has 0 radical (unpaired) electrons. The Morgan fingerprint density at radius 3 is 2.61 bits per heavy atom. The predicted octanol–water partition coefficient (Wildman–Crippen LogP) is 4.36. The van der Waals surface area contributed by atoms with Gasteiger partial charge in [0.1, 0.15) is 11.5 Å². The number of benzene rings is 2. The van der Waals surface area contributed by atoms with Crippen LogP contribution in [-0.2, 0) is 4.79 Å². The molecular formula is C22H27BrN2O3.